The third-order valence-corrected chi connectivity index (χ3v) is 2.80. The van der Waals surface area contributed by atoms with Crippen molar-refractivity contribution in [2.75, 3.05) is 13.2 Å². The lowest BCUT2D eigenvalue weighted by molar-refractivity contribution is -0.165. The van der Waals surface area contributed by atoms with Gasteiger partial charge in [-0.15, -0.1) is 0 Å². The molecule has 1 aromatic rings. The molecule has 1 unspecified atom stereocenters. The van der Waals surface area contributed by atoms with Crippen molar-refractivity contribution in [3.8, 4) is 0 Å². The van der Waals surface area contributed by atoms with E-state index in [-0.39, 0.29) is 6.54 Å². The van der Waals surface area contributed by atoms with Gasteiger partial charge in [-0.2, -0.15) is 0 Å². The van der Waals surface area contributed by atoms with Crippen molar-refractivity contribution in [2.24, 2.45) is 5.73 Å². The fourth-order valence-corrected chi connectivity index (χ4v) is 1.76. The Morgan fingerprint density at radius 1 is 1.41 bits per heavy atom. The molecule has 1 atom stereocenters. The molecule has 4 heteroatoms. The summed E-state index contributed by atoms with van der Waals surface area (Å²) in [7, 11) is 0. The molecule has 0 saturated carbocycles. The maximum Gasteiger partial charge on any atom is 0.337 e. The van der Waals surface area contributed by atoms with Crippen molar-refractivity contribution in [1.29, 1.82) is 0 Å². The highest BCUT2D eigenvalue weighted by Gasteiger charge is 2.37. The summed E-state index contributed by atoms with van der Waals surface area (Å²) >= 11 is 0. The average molecular weight is 237 g/mol. The summed E-state index contributed by atoms with van der Waals surface area (Å²) in [6.45, 7) is 2.11. The van der Waals surface area contributed by atoms with E-state index < -0.39 is 11.6 Å². The molecule has 0 fully saturated rings. The lowest BCUT2D eigenvalue weighted by Gasteiger charge is -2.27. The van der Waals surface area contributed by atoms with Crippen LogP contribution in [0.3, 0.4) is 0 Å². The van der Waals surface area contributed by atoms with Gasteiger partial charge in [0.2, 0.25) is 0 Å². The molecule has 0 heterocycles. The molecule has 1 aromatic carbocycles. The van der Waals surface area contributed by atoms with Crippen LogP contribution in [0.25, 0.3) is 0 Å². The Balaban J connectivity index is 2.70. The highest BCUT2D eigenvalue weighted by Crippen LogP contribution is 2.18. The first-order chi connectivity index (χ1) is 8.14. The van der Waals surface area contributed by atoms with E-state index in [2.05, 4.69) is 0 Å². The molecular weight excluding hydrogens is 218 g/mol. The van der Waals surface area contributed by atoms with Crippen molar-refractivity contribution in [3.05, 3.63) is 35.9 Å². The number of nitrogens with two attached hydrogens (primary N) is 1. The van der Waals surface area contributed by atoms with Gasteiger partial charge in [-0.1, -0.05) is 30.3 Å². The molecule has 0 aliphatic heterocycles. The number of hydrogen-bond donors (Lipinski definition) is 2. The quantitative estimate of drug-likeness (QED) is 0.752. The summed E-state index contributed by atoms with van der Waals surface area (Å²) in [4.78, 5) is 11.3. The van der Waals surface area contributed by atoms with Gasteiger partial charge in [0.1, 0.15) is 0 Å². The van der Waals surface area contributed by atoms with Gasteiger partial charge in [0.05, 0.1) is 0 Å². The third kappa shape index (κ3) is 3.54. The van der Waals surface area contributed by atoms with Gasteiger partial charge in [0, 0.05) is 13.2 Å². The van der Waals surface area contributed by atoms with Gasteiger partial charge in [-0.3, -0.25) is 0 Å². The summed E-state index contributed by atoms with van der Waals surface area (Å²) in [5.41, 5.74) is 5.38. The SMILES string of the molecule is CCOC(CN)(CCc1ccccc1)C(=O)O. The largest absolute Gasteiger partial charge is 0.479 e. The smallest absolute Gasteiger partial charge is 0.337 e. The first-order valence-corrected chi connectivity index (χ1v) is 5.76. The van der Waals surface area contributed by atoms with Crippen LogP contribution >= 0.6 is 0 Å². The molecule has 4 nitrogen and oxygen atoms in total. The van der Waals surface area contributed by atoms with Crippen LogP contribution in [0.2, 0.25) is 0 Å². The number of aliphatic carboxylic acids is 1. The summed E-state index contributed by atoms with van der Waals surface area (Å²) in [6.07, 6.45) is 1.03. The van der Waals surface area contributed by atoms with Gasteiger partial charge in [0.25, 0.3) is 0 Å². The number of carboxylic acid groups (broad SMARTS) is 1. The van der Waals surface area contributed by atoms with Crippen LogP contribution < -0.4 is 5.73 Å². The summed E-state index contributed by atoms with van der Waals surface area (Å²) in [5, 5.41) is 9.23. The molecule has 0 spiro atoms. The fraction of sp³-hybridized carbons (Fsp3) is 0.462. The van der Waals surface area contributed by atoms with Crippen molar-refractivity contribution in [3.63, 3.8) is 0 Å². The van der Waals surface area contributed by atoms with Crippen LogP contribution in [0.5, 0.6) is 0 Å². The van der Waals surface area contributed by atoms with Gasteiger partial charge in [-0.25, -0.2) is 4.79 Å². The van der Waals surface area contributed by atoms with Gasteiger partial charge >= 0.3 is 5.97 Å². The van der Waals surface area contributed by atoms with E-state index in [4.69, 9.17) is 10.5 Å². The Morgan fingerprint density at radius 3 is 2.53 bits per heavy atom. The number of hydrogen-bond acceptors (Lipinski definition) is 3. The predicted molar refractivity (Wildman–Crippen MR) is 65.8 cm³/mol. The summed E-state index contributed by atoms with van der Waals surface area (Å²) in [5.74, 6) is -0.988. The molecule has 3 N–H and O–H groups in total. The minimum absolute atomic E-state index is 0.0109. The van der Waals surface area contributed by atoms with Crippen LogP contribution in [0.1, 0.15) is 18.9 Å². The summed E-state index contributed by atoms with van der Waals surface area (Å²) in [6, 6.07) is 9.73. The normalized spacial score (nSPS) is 14.2. The second kappa shape index (κ2) is 6.37. The number of carboxylic acids is 1. The Hall–Kier alpha value is -1.39. The molecular formula is C13H19NO3. The molecule has 0 amide bonds. The second-order valence-electron chi connectivity index (χ2n) is 3.92. The third-order valence-electron chi connectivity index (χ3n) is 2.80. The van der Waals surface area contributed by atoms with E-state index in [0.29, 0.717) is 19.4 Å². The Kier molecular flexibility index (Phi) is 5.12. The number of rotatable bonds is 7. The fourth-order valence-electron chi connectivity index (χ4n) is 1.76. The van der Waals surface area contributed by atoms with Crippen molar-refractivity contribution < 1.29 is 14.6 Å². The van der Waals surface area contributed by atoms with Crippen molar-refractivity contribution in [2.45, 2.75) is 25.4 Å². The minimum Gasteiger partial charge on any atom is -0.479 e. The van der Waals surface area contributed by atoms with Gasteiger partial charge < -0.3 is 15.6 Å². The Morgan fingerprint density at radius 2 is 2.06 bits per heavy atom. The van der Waals surface area contributed by atoms with E-state index >= 15 is 0 Å². The van der Waals surface area contributed by atoms with Gasteiger partial charge in [-0.05, 0) is 25.3 Å². The number of ether oxygens (including phenoxy) is 1. The molecule has 0 saturated heterocycles. The first-order valence-electron chi connectivity index (χ1n) is 5.76. The molecule has 0 aliphatic carbocycles. The molecule has 94 valence electrons. The van der Waals surface area contributed by atoms with Crippen LogP contribution in [-0.2, 0) is 16.0 Å². The van der Waals surface area contributed by atoms with Gasteiger partial charge in [0.15, 0.2) is 5.60 Å². The number of aryl methyl sites for hydroxylation is 1. The van der Waals surface area contributed by atoms with E-state index in [1.165, 1.54) is 0 Å². The highest BCUT2D eigenvalue weighted by atomic mass is 16.5. The molecule has 1 rings (SSSR count). The Labute approximate surface area is 101 Å². The molecule has 0 aromatic heterocycles. The summed E-state index contributed by atoms with van der Waals surface area (Å²) < 4.78 is 5.34. The van der Waals surface area contributed by atoms with E-state index in [9.17, 15) is 9.90 Å². The molecule has 0 radical (unpaired) electrons. The number of benzene rings is 1. The first kappa shape index (κ1) is 13.7. The standard InChI is InChI=1S/C13H19NO3/c1-2-17-13(10-14,12(15)16)9-8-11-6-4-3-5-7-11/h3-7H,2,8-10,14H2,1H3,(H,15,16). The number of carbonyl (C=O) groups is 1. The van der Waals surface area contributed by atoms with Crippen molar-refractivity contribution in [1.82, 2.24) is 0 Å². The van der Waals surface area contributed by atoms with Crippen molar-refractivity contribution >= 4 is 5.97 Å². The molecule has 17 heavy (non-hydrogen) atoms. The zero-order chi connectivity index (χ0) is 12.7. The van der Waals surface area contributed by atoms with Crippen LogP contribution in [0.15, 0.2) is 30.3 Å². The second-order valence-corrected chi connectivity index (χ2v) is 3.92. The zero-order valence-corrected chi connectivity index (χ0v) is 10.1. The zero-order valence-electron chi connectivity index (χ0n) is 10.1. The maximum absolute atomic E-state index is 11.3. The highest BCUT2D eigenvalue weighted by molar-refractivity contribution is 5.77. The maximum atomic E-state index is 11.3. The van der Waals surface area contributed by atoms with Crippen LogP contribution in [-0.4, -0.2) is 29.8 Å². The topological polar surface area (TPSA) is 72.5 Å². The lowest BCUT2D eigenvalue weighted by Crippen LogP contribution is -2.48. The minimum atomic E-state index is -1.26. The molecule has 0 aliphatic rings. The van der Waals surface area contributed by atoms with E-state index in [1.54, 1.807) is 6.92 Å². The van der Waals surface area contributed by atoms with E-state index in [0.717, 1.165) is 5.56 Å². The van der Waals surface area contributed by atoms with Crippen LogP contribution in [0.4, 0.5) is 0 Å². The van der Waals surface area contributed by atoms with Crippen LogP contribution in [0, 0.1) is 0 Å². The predicted octanol–water partition coefficient (Wildman–Crippen LogP) is 1.44. The monoisotopic (exact) mass is 237 g/mol. The lowest BCUT2D eigenvalue weighted by atomic mass is 9.94. The Bertz CT molecular complexity index is 353. The average Bonchev–Trinajstić information content (AvgIpc) is 2.35. The van der Waals surface area contributed by atoms with E-state index in [1.807, 2.05) is 30.3 Å². The molecule has 0 bridgehead atoms.